The van der Waals surface area contributed by atoms with Crippen LogP contribution in [0.3, 0.4) is 0 Å². The minimum Gasteiger partial charge on any atom is -0.471 e. The summed E-state index contributed by atoms with van der Waals surface area (Å²) in [5.41, 5.74) is -4.04. The van der Waals surface area contributed by atoms with Gasteiger partial charge in [0.1, 0.15) is 29.8 Å². The summed E-state index contributed by atoms with van der Waals surface area (Å²) in [6.45, 7) is 5.90. The van der Waals surface area contributed by atoms with Crippen LogP contribution in [0.25, 0.3) is 11.0 Å². The third kappa shape index (κ3) is 7.98. The fraction of sp³-hybridized carbons (Fsp3) is 0.634. The molecule has 1 unspecified atom stereocenters. The molecule has 2 aromatic rings. The fourth-order valence-corrected chi connectivity index (χ4v) is 10.4. The van der Waals surface area contributed by atoms with Gasteiger partial charge in [-0.3, -0.25) is 19.1 Å². The van der Waals surface area contributed by atoms with E-state index in [0.29, 0.717) is 24.8 Å². The van der Waals surface area contributed by atoms with Gasteiger partial charge in [-0.2, -0.15) is 14.0 Å². The minimum atomic E-state index is -4.32. The van der Waals surface area contributed by atoms with E-state index in [9.17, 15) is 41.6 Å². The van der Waals surface area contributed by atoms with Crippen molar-refractivity contribution in [1.82, 2.24) is 30.2 Å². The molecule has 0 spiro atoms. The van der Waals surface area contributed by atoms with Gasteiger partial charge in [0.05, 0.1) is 39.9 Å². The van der Waals surface area contributed by atoms with E-state index < -0.39 is 123 Å². The van der Waals surface area contributed by atoms with Gasteiger partial charge in [0, 0.05) is 6.42 Å². The molecule has 9 atom stereocenters. The molecule has 4 aliphatic carbocycles. The monoisotopic (exact) mass is 873 g/mol. The van der Waals surface area contributed by atoms with Crippen molar-refractivity contribution in [2.24, 2.45) is 29.1 Å². The van der Waals surface area contributed by atoms with E-state index >= 15 is 8.78 Å². The molecule has 15 nitrogen and oxygen atoms in total. The van der Waals surface area contributed by atoms with Crippen LogP contribution in [-0.4, -0.2) is 94.6 Å². The van der Waals surface area contributed by atoms with Gasteiger partial charge < -0.3 is 25.0 Å². The molecule has 1 aromatic heterocycles. The molecule has 8 rings (SSSR count). The third-order valence-electron chi connectivity index (χ3n) is 13.3. The molecule has 2 bridgehead atoms. The number of aromatic nitrogens is 2. The lowest BCUT2D eigenvalue weighted by Gasteiger charge is -2.36. The van der Waals surface area contributed by atoms with Gasteiger partial charge in [0.25, 0.3) is 5.91 Å². The highest BCUT2D eigenvalue weighted by atomic mass is 32.2. The smallest absolute Gasteiger partial charge is 0.408 e. The zero-order valence-corrected chi connectivity index (χ0v) is 34.7. The number of nitrogens with zero attached hydrogens (tertiary/aromatic N) is 4. The number of carbonyl (C=O) groups excluding carboxylic acids is 4. The average Bonchev–Trinajstić information content (AvgIpc) is 4.14. The number of carbonyl (C=O) groups is 4. The molecule has 4 amide bonds. The van der Waals surface area contributed by atoms with Gasteiger partial charge in [-0.25, -0.2) is 32.0 Å². The van der Waals surface area contributed by atoms with Gasteiger partial charge in [-0.1, -0.05) is 26.8 Å². The number of halogens is 4. The first kappa shape index (κ1) is 42.6. The Balaban J connectivity index is 1.17. The molecule has 4 saturated carbocycles. The summed E-state index contributed by atoms with van der Waals surface area (Å²) in [5, 5.41) is 14.5. The number of benzene rings is 1. The summed E-state index contributed by atoms with van der Waals surface area (Å²) >= 11 is 0. The van der Waals surface area contributed by atoms with E-state index in [2.05, 4.69) is 20.6 Å². The topological polar surface area (TPSA) is 210 Å². The van der Waals surface area contributed by atoms with Crippen molar-refractivity contribution in [2.75, 3.05) is 6.54 Å². The molecule has 3 heterocycles. The number of allylic oxidation sites excluding steroid dienone is 2. The molecular weight excluding hydrogens is 827 g/mol. The Morgan fingerprint density at radius 3 is 2.46 bits per heavy atom. The largest absolute Gasteiger partial charge is 0.471 e. The minimum absolute atomic E-state index is 0.0332. The first-order chi connectivity index (χ1) is 28.6. The number of amides is 4. The quantitative estimate of drug-likeness (QED) is 0.270. The van der Waals surface area contributed by atoms with Crippen molar-refractivity contribution in [3.05, 3.63) is 41.6 Å². The zero-order valence-electron chi connectivity index (χ0n) is 33.9. The van der Waals surface area contributed by atoms with Gasteiger partial charge in [0.15, 0.2) is 5.69 Å². The molecule has 2 aliphatic heterocycles. The Bertz CT molecular complexity index is 2370. The lowest BCUT2D eigenvalue weighted by molar-refractivity contribution is -0.143. The maximum Gasteiger partial charge on any atom is 0.408 e. The molecule has 20 heteroatoms. The number of nitrogens with one attached hydrogen (secondary N) is 3. The van der Waals surface area contributed by atoms with Crippen molar-refractivity contribution in [3.63, 3.8) is 0 Å². The second-order valence-electron chi connectivity index (χ2n) is 18.7. The first-order valence-electron chi connectivity index (χ1n) is 20.4. The summed E-state index contributed by atoms with van der Waals surface area (Å²) in [5.74, 6) is -9.06. The number of alkyl halides is 4. The molecule has 5 fully saturated rings. The van der Waals surface area contributed by atoms with E-state index in [0.717, 1.165) is 11.3 Å². The predicted molar refractivity (Wildman–Crippen MR) is 207 cm³/mol. The Morgan fingerprint density at radius 2 is 1.80 bits per heavy atom. The highest BCUT2D eigenvalue weighted by Crippen LogP contribution is 2.58. The van der Waals surface area contributed by atoms with Crippen LogP contribution < -0.4 is 20.1 Å². The maximum absolute atomic E-state index is 16.3. The van der Waals surface area contributed by atoms with Crippen LogP contribution in [0, 0.1) is 40.4 Å². The van der Waals surface area contributed by atoms with Crippen LogP contribution in [-0.2, 0) is 35.1 Å². The number of alkyl carbamates (subject to hydrolysis) is 1. The number of hydrogen-bond donors (Lipinski definition) is 3. The third-order valence-corrected chi connectivity index (χ3v) is 15.4. The summed E-state index contributed by atoms with van der Waals surface area (Å²) in [4.78, 5) is 65.8. The van der Waals surface area contributed by atoms with Crippen molar-refractivity contribution in [1.29, 1.82) is 5.26 Å². The Labute approximate surface area is 349 Å². The van der Waals surface area contributed by atoms with Crippen LogP contribution in [0.2, 0.25) is 0 Å². The van der Waals surface area contributed by atoms with Gasteiger partial charge in [-0.05, 0) is 99.3 Å². The second kappa shape index (κ2) is 14.8. The molecule has 61 heavy (non-hydrogen) atoms. The maximum atomic E-state index is 16.3. The van der Waals surface area contributed by atoms with E-state index in [1.54, 1.807) is 20.8 Å². The molecule has 328 valence electrons. The number of rotatable bonds is 6. The zero-order chi connectivity index (χ0) is 44.0. The highest BCUT2D eigenvalue weighted by Gasteiger charge is 2.67. The van der Waals surface area contributed by atoms with Gasteiger partial charge >= 0.3 is 12.0 Å². The molecular formula is C41H47F4N7O8S. The van der Waals surface area contributed by atoms with Crippen molar-refractivity contribution in [2.45, 2.75) is 126 Å². The van der Waals surface area contributed by atoms with E-state index in [1.165, 1.54) is 31.2 Å². The summed E-state index contributed by atoms with van der Waals surface area (Å²) in [6.07, 6.45) is -2.29. The second-order valence-corrected chi connectivity index (χ2v) is 20.9. The molecule has 1 aromatic carbocycles. The fourth-order valence-electron chi connectivity index (χ4n) is 9.13. The first-order valence-corrected chi connectivity index (χ1v) is 21.9. The standard InChI is InChI=1S/C41H47F4N7O8S/c1-38(2,3)31-35(54)52-19-22(16-28(52)33(53)50-40(17-25(40)32(42)43)36(55)51-61(57,58)39(4)11-12-39)59-34-30(47-26-9-8-20(18-46)13-27(26)48-34)41(44,45)10-6-5-7-23-24-14-21(24)15-29(23)60-37(56)49-31/h6,8-10,13,21-25,28-29,31-32H,5,7,11-12,14-17,19H2,1-4H3,(H,49,56)(H,50,53)(H,51,55)/b10-6+/t21?,22-,23-,24+,25+,28+,29-,31-,40-/m1/s1. The van der Waals surface area contributed by atoms with E-state index in [1.807, 2.05) is 10.8 Å². The highest BCUT2D eigenvalue weighted by molar-refractivity contribution is 7.91. The summed E-state index contributed by atoms with van der Waals surface area (Å²) in [6, 6.07) is 3.08. The Kier molecular flexibility index (Phi) is 10.3. The van der Waals surface area contributed by atoms with Crippen molar-refractivity contribution < 1.29 is 54.6 Å². The van der Waals surface area contributed by atoms with Gasteiger partial charge in [0.2, 0.25) is 34.1 Å². The van der Waals surface area contributed by atoms with Crippen molar-refractivity contribution >= 4 is 44.9 Å². The summed E-state index contributed by atoms with van der Waals surface area (Å²) in [7, 11) is -4.32. The molecule has 6 aliphatic rings. The van der Waals surface area contributed by atoms with E-state index in [4.69, 9.17) is 9.47 Å². The molecule has 3 N–H and O–H groups in total. The normalized spacial score (nSPS) is 33.3. The number of sulfonamides is 1. The van der Waals surface area contributed by atoms with Crippen LogP contribution in [0.4, 0.5) is 22.4 Å². The average molecular weight is 874 g/mol. The molecule has 1 saturated heterocycles. The van der Waals surface area contributed by atoms with Crippen LogP contribution in [0.1, 0.15) is 90.3 Å². The van der Waals surface area contributed by atoms with Crippen LogP contribution in [0.5, 0.6) is 5.88 Å². The van der Waals surface area contributed by atoms with Crippen molar-refractivity contribution in [3.8, 4) is 11.9 Å². The Morgan fingerprint density at radius 1 is 1.07 bits per heavy atom. The van der Waals surface area contributed by atoms with Gasteiger partial charge in [-0.15, -0.1) is 0 Å². The lowest BCUT2D eigenvalue weighted by atomic mass is 9.85. The number of ether oxygens (including phenoxy) is 2. The van der Waals surface area contributed by atoms with E-state index in [-0.39, 0.29) is 47.7 Å². The number of fused-ring (bicyclic) bond motifs is 7. The molecule has 0 radical (unpaired) electrons. The Hall–Kier alpha value is -5.06. The van der Waals surface area contributed by atoms with Crippen LogP contribution >= 0.6 is 0 Å². The number of hydrogen-bond acceptors (Lipinski definition) is 11. The predicted octanol–water partition coefficient (Wildman–Crippen LogP) is 4.60. The number of nitriles is 1. The SMILES string of the molecule is CC(C)(C)[C@@H]1NC(=O)O[C@@H]2CC3C[C@@H]3[C@H]2CC/C=C/C(F)(F)c2nc3ccc(C#N)cc3nc2O[C@@H]2C[C@@H](C(=O)N[C@]3(C(=O)NS(=O)(=O)C4(C)CC4)C[C@H]3C(F)F)N(C2)C1=O. The summed E-state index contributed by atoms with van der Waals surface area (Å²) < 4.78 is 99.8. The van der Waals surface area contributed by atoms with Crippen LogP contribution in [0.15, 0.2) is 30.4 Å². The lowest BCUT2D eigenvalue weighted by Crippen LogP contribution is -2.60.